The summed E-state index contributed by atoms with van der Waals surface area (Å²) in [5.41, 5.74) is 0. The highest BCUT2D eigenvalue weighted by atomic mass is 32.1. The average Bonchev–Trinajstić information content (AvgIpc) is 1.77. The van der Waals surface area contributed by atoms with Crippen LogP contribution in [0.15, 0.2) is 12.1 Å². The number of aromatic amines is 1. The van der Waals surface area contributed by atoms with Gasteiger partial charge >= 0.3 is 0 Å². The van der Waals surface area contributed by atoms with Gasteiger partial charge in [0.15, 0.2) is 0 Å². The first-order valence-electron chi connectivity index (χ1n) is 2.02. The summed E-state index contributed by atoms with van der Waals surface area (Å²) in [4.78, 5) is 0. The number of hydrogen-bond acceptors (Lipinski definition) is 2. The molecule has 8 heavy (non-hydrogen) atoms. The summed E-state index contributed by atoms with van der Waals surface area (Å²) in [5, 5.41) is 15.9. The predicted octanol–water partition coefficient (Wildman–Crippen LogP) is 1.28. The molecule has 1 aromatic rings. The first kappa shape index (κ1) is 5.24. The number of aromatic nitrogens is 2. The van der Waals surface area contributed by atoms with Crippen LogP contribution in [0.25, 0.3) is 0 Å². The van der Waals surface area contributed by atoms with Crippen LogP contribution in [-0.4, -0.2) is 10.2 Å². The summed E-state index contributed by atoms with van der Waals surface area (Å²) in [7, 11) is 0. The zero-order valence-electron chi connectivity index (χ0n) is 3.92. The second-order valence-corrected chi connectivity index (χ2v) is 1.70. The van der Waals surface area contributed by atoms with E-state index in [2.05, 4.69) is 22.4 Å². The topological polar surface area (TPSA) is 48.6 Å². The quantitative estimate of drug-likeness (QED) is 0.534. The highest BCUT2D eigenvalue weighted by Crippen LogP contribution is 1.97. The molecule has 0 unspecified atom stereocenters. The van der Waals surface area contributed by atoms with Gasteiger partial charge in [0.25, 0.3) is 5.88 Å². The fourth-order valence-electron chi connectivity index (χ4n) is 0.332. The summed E-state index contributed by atoms with van der Waals surface area (Å²) in [6.07, 6.45) is 0. The third kappa shape index (κ3) is 1.04. The molecule has 1 radical (unpaired) electrons. The van der Waals surface area contributed by atoms with E-state index in [1.54, 1.807) is 0 Å². The minimum Gasteiger partial charge on any atom is -0.266 e. The van der Waals surface area contributed by atoms with Gasteiger partial charge in [0.2, 0.25) is 0 Å². The maximum absolute atomic E-state index is 10.2. The molecule has 0 aliphatic heterocycles. The Morgan fingerprint density at radius 2 is 2.38 bits per heavy atom. The smallest absolute Gasteiger partial charge is 0.266 e. The number of rotatable bonds is 0. The van der Waals surface area contributed by atoms with Crippen LogP contribution in [0.1, 0.15) is 0 Å². The van der Waals surface area contributed by atoms with Crippen LogP contribution in [0, 0.1) is 4.64 Å². The Morgan fingerprint density at radius 3 is 2.75 bits per heavy atom. The molecule has 0 aliphatic rings. The van der Waals surface area contributed by atoms with Gasteiger partial charge in [0, 0.05) is 6.07 Å². The molecule has 0 amide bonds. The summed E-state index contributed by atoms with van der Waals surface area (Å²) in [6.45, 7) is 0. The van der Waals surface area contributed by atoms with Crippen LogP contribution in [0.2, 0.25) is 0 Å². The summed E-state index contributed by atoms with van der Waals surface area (Å²) in [6, 6.07) is 2.82. The summed E-state index contributed by atoms with van der Waals surface area (Å²) >= 11 is 4.61. The Morgan fingerprint density at radius 1 is 1.62 bits per heavy atom. The lowest BCUT2D eigenvalue weighted by Crippen LogP contribution is -1.76. The molecule has 0 bridgehead atoms. The van der Waals surface area contributed by atoms with Crippen molar-refractivity contribution >= 4 is 12.2 Å². The Kier molecular flexibility index (Phi) is 1.26. The molecule has 0 aromatic carbocycles. The van der Waals surface area contributed by atoms with E-state index >= 15 is 0 Å². The molecule has 0 atom stereocenters. The van der Waals surface area contributed by atoms with Crippen molar-refractivity contribution < 1.29 is 5.11 Å². The molecule has 41 valence electrons. The second-order valence-electron chi connectivity index (χ2n) is 1.26. The molecule has 0 fully saturated rings. The second kappa shape index (κ2) is 1.92. The van der Waals surface area contributed by atoms with E-state index in [1.165, 1.54) is 12.1 Å². The van der Waals surface area contributed by atoms with Gasteiger partial charge in [0.1, 0.15) is 4.64 Å². The van der Waals surface area contributed by atoms with Gasteiger partial charge in [0.05, 0.1) is 0 Å². The van der Waals surface area contributed by atoms with E-state index in [4.69, 9.17) is 0 Å². The molecule has 0 saturated heterocycles. The third-order valence-electron chi connectivity index (χ3n) is 0.654. The predicted molar refractivity (Wildman–Crippen MR) is 29.6 cm³/mol. The van der Waals surface area contributed by atoms with Crippen LogP contribution < -0.4 is 0 Å². The van der Waals surface area contributed by atoms with Gasteiger partial charge in [-0.1, -0.05) is 12.2 Å². The van der Waals surface area contributed by atoms with Gasteiger partial charge in [-0.05, 0) is 6.07 Å². The Balaban J connectivity index is 3.22. The highest BCUT2D eigenvalue weighted by molar-refractivity contribution is 7.71. The van der Waals surface area contributed by atoms with Crippen molar-refractivity contribution in [3.8, 4) is 5.88 Å². The monoisotopic (exact) mass is 127 g/mol. The Labute approximate surface area is 51.0 Å². The third-order valence-corrected chi connectivity index (χ3v) is 0.881. The van der Waals surface area contributed by atoms with Crippen LogP contribution in [0.4, 0.5) is 0 Å². The molecule has 3 nitrogen and oxygen atoms in total. The largest absolute Gasteiger partial charge is 0.286 e. The zero-order valence-corrected chi connectivity index (χ0v) is 4.73. The molecular formula is C4H3N2OS. The van der Waals surface area contributed by atoms with Crippen molar-refractivity contribution in [3.63, 3.8) is 0 Å². The van der Waals surface area contributed by atoms with Crippen molar-refractivity contribution in [1.82, 2.24) is 10.2 Å². The molecule has 0 aliphatic carbocycles. The minimum atomic E-state index is -0.293. The summed E-state index contributed by atoms with van der Waals surface area (Å²) < 4.78 is 0.476. The minimum absolute atomic E-state index is 0.293. The Hall–Kier alpha value is -0.900. The van der Waals surface area contributed by atoms with Crippen LogP contribution in [0.3, 0.4) is 0 Å². The number of nitrogens with zero attached hydrogens (tertiary/aromatic N) is 1. The van der Waals surface area contributed by atoms with E-state index in [1.807, 2.05) is 0 Å². The van der Waals surface area contributed by atoms with Crippen LogP contribution in [-0.2, 0) is 5.11 Å². The van der Waals surface area contributed by atoms with Gasteiger partial charge in [-0.15, -0.1) is 5.10 Å². The van der Waals surface area contributed by atoms with E-state index in [0.717, 1.165) is 0 Å². The van der Waals surface area contributed by atoms with Crippen molar-refractivity contribution in [2.24, 2.45) is 0 Å². The van der Waals surface area contributed by atoms with Crippen molar-refractivity contribution in [3.05, 3.63) is 16.8 Å². The van der Waals surface area contributed by atoms with E-state index in [9.17, 15) is 5.11 Å². The number of hydrogen-bond donors (Lipinski definition) is 1. The van der Waals surface area contributed by atoms with Crippen LogP contribution >= 0.6 is 12.2 Å². The standard InChI is InChI=1S/C4H3N2OS/c7-3-1-2-4(8)6-5-3/h1-2H,(H,6,8). The lowest BCUT2D eigenvalue weighted by Gasteiger charge is -1.80. The van der Waals surface area contributed by atoms with Gasteiger partial charge in [-0.2, -0.15) is 0 Å². The normalized spacial score (nSPS) is 9.00. The molecule has 4 heteroatoms. The van der Waals surface area contributed by atoms with Gasteiger partial charge < -0.3 is 0 Å². The lowest BCUT2D eigenvalue weighted by atomic mass is 10.6. The fourth-order valence-corrected chi connectivity index (χ4v) is 0.445. The van der Waals surface area contributed by atoms with E-state index < -0.39 is 0 Å². The molecule has 1 aromatic heterocycles. The highest BCUT2D eigenvalue weighted by Gasteiger charge is 1.84. The summed E-state index contributed by atoms with van der Waals surface area (Å²) in [5.74, 6) is -0.293. The van der Waals surface area contributed by atoms with E-state index in [-0.39, 0.29) is 5.88 Å². The average molecular weight is 127 g/mol. The van der Waals surface area contributed by atoms with Gasteiger partial charge in [-0.3, -0.25) is 10.2 Å². The van der Waals surface area contributed by atoms with Gasteiger partial charge in [-0.25, -0.2) is 0 Å². The lowest BCUT2D eigenvalue weighted by molar-refractivity contribution is 0.331. The maximum Gasteiger partial charge on any atom is 0.286 e. The van der Waals surface area contributed by atoms with Crippen molar-refractivity contribution in [1.29, 1.82) is 0 Å². The molecule has 1 heterocycles. The fraction of sp³-hybridized carbons (Fsp3) is 0. The number of nitrogens with one attached hydrogen (secondary N) is 1. The molecular weight excluding hydrogens is 124 g/mol. The van der Waals surface area contributed by atoms with Crippen molar-refractivity contribution in [2.45, 2.75) is 0 Å². The SMILES string of the molecule is [O]c1ccc(=S)[nH]n1. The van der Waals surface area contributed by atoms with Crippen LogP contribution in [0.5, 0.6) is 5.88 Å². The van der Waals surface area contributed by atoms with Crippen molar-refractivity contribution in [2.75, 3.05) is 0 Å². The molecule has 0 saturated carbocycles. The van der Waals surface area contributed by atoms with E-state index in [0.29, 0.717) is 4.64 Å². The first-order valence-corrected chi connectivity index (χ1v) is 2.42. The number of H-pyrrole nitrogens is 1. The maximum atomic E-state index is 10.2. The molecule has 1 N–H and O–H groups in total. The zero-order chi connectivity index (χ0) is 5.98. The Bertz CT molecular complexity index is 211. The molecule has 1 rings (SSSR count). The first-order chi connectivity index (χ1) is 3.79. The molecule has 0 spiro atoms.